The summed E-state index contributed by atoms with van der Waals surface area (Å²) in [5, 5.41) is 0. The van der Waals surface area contributed by atoms with Gasteiger partial charge in [0.2, 0.25) is 0 Å². The van der Waals surface area contributed by atoms with Crippen LogP contribution in [0.3, 0.4) is 0 Å². The van der Waals surface area contributed by atoms with Gasteiger partial charge in [0, 0.05) is 37.8 Å². The van der Waals surface area contributed by atoms with Gasteiger partial charge >= 0.3 is 0 Å². The molecule has 6 heteroatoms. The van der Waals surface area contributed by atoms with E-state index in [-0.39, 0.29) is 25.7 Å². The molecule has 1 aliphatic carbocycles. The molecule has 2 aromatic rings. The van der Waals surface area contributed by atoms with Crippen LogP contribution >= 0.6 is 0 Å². The molecular formula is C24H30N2O4. The average molecular weight is 411 g/mol. The Kier molecular flexibility index (Phi) is 8.87. The Labute approximate surface area is 178 Å². The molecule has 1 saturated carbocycles. The molecule has 0 unspecified atom stereocenters. The summed E-state index contributed by atoms with van der Waals surface area (Å²) in [6.45, 7) is 0.428. The Balaban J connectivity index is 1.72. The number of benzene rings is 2. The molecule has 0 radical (unpaired) electrons. The van der Waals surface area contributed by atoms with E-state index in [1.165, 1.54) is 12.8 Å². The largest absolute Gasteiger partial charge is 0.467 e. The van der Waals surface area contributed by atoms with Gasteiger partial charge in [-0.2, -0.15) is 0 Å². The Morgan fingerprint density at radius 3 is 1.60 bits per heavy atom. The van der Waals surface area contributed by atoms with Crippen LogP contribution in [0.5, 0.6) is 11.5 Å². The van der Waals surface area contributed by atoms with Crippen molar-refractivity contribution in [2.75, 3.05) is 27.8 Å². The number of ether oxygens (including phenoxy) is 4. The smallest absolute Gasteiger partial charge is 0.188 e. The van der Waals surface area contributed by atoms with Crippen LogP contribution in [0.25, 0.3) is 0 Å². The lowest BCUT2D eigenvalue weighted by atomic mass is 9.91. The van der Waals surface area contributed by atoms with Gasteiger partial charge in [-0.05, 0) is 37.1 Å². The van der Waals surface area contributed by atoms with Gasteiger partial charge in [0.05, 0.1) is 12.1 Å². The van der Waals surface area contributed by atoms with Gasteiger partial charge in [0.25, 0.3) is 0 Å². The molecule has 1 aliphatic rings. The fourth-order valence-electron chi connectivity index (χ4n) is 3.47. The van der Waals surface area contributed by atoms with Gasteiger partial charge in [-0.15, -0.1) is 0 Å². The average Bonchev–Trinajstić information content (AvgIpc) is 2.80. The van der Waals surface area contributed by atoms with Gasteiger partial charge < -0.3 is 18.9 Å². The molecule has 6 nitrogen and oxygen atoms in total. The van der Waals surface area contributed by atoms with Crippen LogP contribution in [0.2, 0.25) is 0 Å². The maximum atomic E-state index is 5.64. The van der Waals surface area contributed by atoms with Crippen molar-refractivity contribution in [3.63, 3.8) is 0 Å². The fraction of sp³-hybridized carbons (Fsp3) is 0.417. The molecule has 0 saturated heterocycles. The van der Waals surface area contributed by atoms with Crippen molar-refractivity contribution in [1.82, 2.24) is 0 Å². The first-order valence-electron chi connectivity index (χ1n) is 10.3. The number of hydrogen-bond donors (Lipinski definition) is 0. The molecule has 0 heterocycles. The third-order valence-corrected chi connectivity index (χ3v) is 5.01. The quantitative estimate of drug-likeness (QED) is 0.427. The van der Waals surface area contributed by atoms with Crippen molar-refractivity contribution in [1.29, 1.82) is 0 Å². The lowest BCUT2D eigenvalue weighted by Crippen LogP contribution is -2.27. The highest BCUT2D eigenvalue weighted by atomic mass is 16.7. The lowest BCUT2D eigenvalue weighted by molar-refractivity contribution is 0.0508. The third-order valence-electron chi connectivity index (χ3n) is 5.01. The number of methoxy groups -OCH3 is 2. The zero-order valence-electron chi connectivity index (χ0n) is 17.7. The minimum absolute atomic E-state index is 0.150. The van der Waals surface area contributed by atoms with Gasteiger partial charge in [0.1, 0.15) is 11.5 Å². The maximum absolute atomic E-state index is 5.64. The Morgan fingerprint density at radius 1 is 0.733 bits per heavy atom. The van der Waals surface area contributed by atoms with E-state index in [0.717, 1.165) is 35.5 Å². The molecule has 1 fully saturated rings. The predicted octanol–water partition coefficient (Wildman–Crippen LogP) is 4.50. The molecule has 0 amide bonds. The number of nitrogens with zero attached hydrogens (tertiary/aromatic N) is 2. The molecule has 2 atom stereocenters. The zero-order valence-corrected chi connectivity index (χ0v) is 17.7. The van der Waals surface area contributed by atoms with E-state index in [9.17, 15) is 0 Å². The summed E-state index contributed by atoms with van der Waals surface area (Å²) in [7, 11) is 3.22. The van der Waals surface area contributed by atoms with E-state index in [0.29, 0.717) is 0 Å². The molecule has 160 valence electrons. The Bertz CT molecular complexity index is 768. The highest BCUT2D eigenvalue weighted by Crippen LogP contribution is 2.25. The molecule has 0 N–H and O–H groups in total. The first-order valence-corrected chi connectivity index (χ1v) is 10.3. The van der Waals surface area contributed by atoms with Crippen molar-refractivity contribution in [3.8, 4) is 11.5 Å². The Morgan fingerprint density at radius 2 is 1.17 bits per heavy atom. The van der Waals surface area contributed by atoms with Crippen LogP contribution < -0.4 is 9.47 Å². The first-order chi connectivity index (χ1) is 14.8. The van der Waals surface area contributed by atoms with Crippen LogP contribution in [-0.4, -0.2) is 52.3 Å². The summed E-state index contributed by atoms with van der Waals surface area (Å²) in [6.07, 6.45) is 8.20. The first kappa shape index (κ1) is 22.0. The van der Waals surface area contributed by atoms with Crippen LogP contribution in [0.1, 0.15) is 36.8 Å². The van der Waals surface area contributed by atoms with Crippen molar-refractivity contribution in [2.24, 2.45) is 9.98 Å². The molecule has 2 aromatic carbocycles. The number of para-hydroxylation sites is 2. The standard InChI is InChI=1S/C24H30N2O4/c1-27-17-29-23-13-7-3-9-19(23)15-25-21-11-5-6-12-22(21)26-16-20-10-4-8-14-24(20)30-18-28-2/h3-4,7-10,13-16,21-22H,5-6,11-12,17-18H2,1-2H3/b25-15-,26-16-/t21-,22-/m0/s1. The van der Waals surface area contributed by atoms with Gasteiger partial charge in [-0.3, -0.25) is 9.98 Å². The van der Waals surface area contributed by atoms with Crippen LogP contribution in [0.4, 0.5) is 0 Å². The summed E-state index contributed by atoms with van der Waals surface area (Å²) in [5.74, 6) is 1.53. The normalized spacial score (nSPS) is 19.4. The van der Waals surface area contributed by atoms with Crippen LogP contribution in [-0.2, 0) is 9.47 Å². The van der Waals surface area contributed by atoms with Crippen molar-refractivity contribution < 1.29 is 18.9 Å². The monoisotopic (exact) mass is 410 g/mol. The SMILES string of the molecule is COCOc1ccccc1/C=N\[C@H]1CCCC[C@@H]1/N=C\c1ccccc1OCOC. The molecule has 30 heavy (non-hydrogen) atoms. The second kappa shape index (κ2) is 12.1. The minimum atomic E-state index is 0.150. The van der Waals surface area contributed by atoms with Crippen LogP contribution in [0, 0.1) is 0 Å². The number of rotatable bonds is 10. The third kappa shape index (κ3) is 6.40. The molecule has 0 aliphatic heterocycles. The molecule has 0 aromatic heterocycles. The summed E-state index contributed by atoms with van der Waals surface area (Å²) >= 11 is 0. The zero-order chi connectivity index (χ0) is 21.0. The lowest BCUT2D eigenvalue weighted by Gasteiger charge is -2.25. The topological polar surface area (TPSA) is 61.6 Å². The molecule has 0 spiro atoms. The Hall–Kier alpha value is -2.70. The fourth-order valence-corrected chi connectivity index (χ4v) is 3.47. The van der Waals surface area contributed by atoms with Gasteiger partial charge in [0.15, 0.2) is 13.6 Å². The molecule has 3 rings (SSSR count). The van der Waals surface area contributed by atoms with Crippen molar-refractivity contribution >= 4 is 12.4 Å². The van der Waals surface area contributed by atoms with E-state index < -0.39 is 0 Å². The van der Waals surface area contributed by atoms with E-state index in [1.54, 1.807) is 14.2 Å². The van der Waals surface area contributed by atoms with Crippen molar-refractivity contribution in [3.05, 3.63) is 59.7 Å². The second-order valence-electron chi connectivity index (χ2n) is 7.15. The highest BCUT2D eigenvalue weighted by Gasteiger charge is 2.23. The van der Waals surface area contributed by atoms with E-state index >= 15 is 0 Å². The minimum Gasteiger partial charge on any atom is -0.467 e. The van der Waals surface area contributed by atoms with E-state index in [1.807, 2.05) is 61.0 Å². The number of hydrogen-bond acceptors (Lipinski definition) is 6. The summed E-state index contributed by atoms with van der Waals surface area (Å²) in [4.78, 5) is 9.75. The maximum Gasteiger partial charge on any atom is 0.188 e. The summed E-state index contributed by atoms with van der Waals surface area (Å²) in [6, 6.07) is 16.0. The van der Waals surface area contributed by atoms with Crippen LogP contribution in [0.15, 0.2) is 58.5 Å². The van der Waals surface area contributed by atoms with Gasteiger partial charge in [-0.1, -0.05) is 37.1 Å². The molecular weight excluding hydrogens is 380 g/mol. The predicted molar refractivity (Wildman–Crippen MR) is 119 cm³/mol. The van der Waals surface area contributed by atoms with Crippen molar-refractivity contribution in [2.45, 2.75) is 37.8 Å². The molecule has 0 bridgehead atoms. The summed E-state index contributed by atoms with van der Waals surface area (Å²) in [5.41, 5.74) is 1.89. The van der Waals surface area contributed by atoms with Gasteiger partial charge in [-0.25, -0.2) is 0 Å². The highest BCUT2D eigenvalue weighted by molar-refractivity contribution is 5.84. The summed E-state index contributed by atoms with van der Waals surface area (Å²) < 4.78 is 21.3. The number of aliphatic imine (C=N–C) groups is 2. The van der Waals surface area contributed by atoms with E-state index in [4.69, 9.17) is 28.9 Å². The van der Waals surface area contributed by atoms with E-state index in [2.05, 4.69) is 0 Å². The second-order valence-corrected chi connectivity index (χ2v) is 7.15.